The number of alkyl halides is 2. The number of pyridine rings is 1. The van der Waals surface area contributed by atoms with Crippen LogP contribution >= 0.6 is 0 Å². The maximum absolute atomic E-state index is 12.7. The molecule has 0 aliphatic carbocycles. The van der Waals surface area contributed by atoms with E-state index in [4.69, 9.17) is 0 Å². The highest BCUT2D eigenvalue weighted by molar-refractivity contribution is 5.91. The van der Waals surface area contributed by atoms with E-state index in [2.05, 4.69) is 20.3 Å². The molecule has 0 aromatic carbocycles. The van der Waals surface area contributed by atoms with E-state index in [1.54, 1.807) is 6.07 Å². The smallest absolute Gasteiger partial charge is 0.333 e. The molecular formula is C20H27F2N5O. The van der Waals surface area contributed by atoms with Crippen LogP contribution in [0.3, 0.4) is 0 Å². The molecule has 152 valence electrons. The summed E-state index contributed by atoms with van der Waals surface area (Å²) in [6, 6.07) is 3.63. The van der Waals surface area contributed by atoms with Crippen molar-refractivity contribution in [2.24, 2.45) is 5.41 Å². The predicted octanol–water partition coefficient (Wildman–Crippen LogP) is 4.31. The molecular weight excluding hydrogens is 364 g/mol. The highest BCUT2D eigenvalue weighted by atomic mass is 19.3. The van der Waals surface area contributed by atoms with Crippen LogP contribution < -0.4 is 10.2 Å². The number of anilines is 2. The number of aryl methyl sites for hydroxylation is 2. The number of nitrogens with one attached hydrogen (secondary N) is 1. The zero-order valence-corrected chi connectivity index (χ0v) is 16.8. The normalized spacial score (nSPS) is 14.3. The Morgan fingerprint density at radius 2 is 2.11 bits per heavy atom. The summed E-state index contributed by atoms with van der Waals surface area (Å²) >= 11 is 0. The highest BCUT2D eigenvalue weighted by Gasteiger charge is 2.23. The molecule has 1 N–H and O–H groups in total. The Bertz CT molecular complexity index is 857. The van der Waals surface area contributed by atoms with Crippen LogP contribution in [-0.2, 0) is 17.8 Å². The van der Waals surface area contributed by atoms with Gasteiger partial charge < -0.3 is 10.2 Å². The van der Waals surface area contributed by atoms with Crippen LogP contribution in [0.1, 0.15) is 57.1 Å². The molecule has 0 spiro atoms. The average molecular weight is 391 g/mol. The summed E-state index contributed by atoms with van der Waals surface area (Å²) in [7, 11) is 0. The van der Waals surface area contributed by atoms with Gasteiger partial charge in [-0.05, 0) is 42.9 Å². The van der Waals surface area contributed by atoms with Gasteiger partial charge in [-0.15, -0.1) is 0 Å². The number of amides is 1. The van der Waals surface area contributed by atoms with Gasteiger partial charge in [0, 0.05) is 19.2 Å². The van der Waals surface area contributed by atoms with E-state index in [0.29, 0.717) is 29.2 Å². The van der Waals surface area contributed by atoms with Crippen LogP contribution in [0.4, 0.5) is 20.3 Å². The third kappa shape index (κ3) is 4.85. The van der Waals surface area contributed by atoms with Crippen LogP contribution in [0.2, 0.25) is 0 Å². The number of hydrogen-bond donors (Lipinski definition) is 1. The van der Waals surface area contributed by atoms with Crippen molar-refractivity contribution in [2.75, 3.05) is 16.8 Å². The van der Waals surface area contributed by atoms with Crippen LogP contribution in [0.25, 0.3) is 0 Å². The van der Waals surface area contributed by atoms with Gasteiger partial charge in [-0.25, -0.2) is 9.67 Å². The zero-order valence-electron chi connectivity index (χ0n) is 16.8. The van der Waals surface area contributed by atoms with E-state index in [-0.39, 0.29) is 11.3 Å². The van der Waals surface area contributed by atoms with Crippen LogP contribution in [0.5, 0.6) is 0 Å². The molecule has 3 heterocycles. The molecule has 8 heteroatoms. The molecule has 0 saturated heterocycles. The minimum Gasteiger partial charge on any atom is -0.364 e. The van der Waals surface area contributed by atoms with E-state index in [1.165, 1.54) is 6.20 Å². The molecule has 1 aliphatic heterocycles. The lowest BCUT2D eigenvalue weighted by atomic mass is 9.92. The fourth-order valence-electron chi connectivity index (χ4n) is 3.37. The fourth-order valence-corrected chi connectivity index (χ4v) is 3.37. The molecule has 2 aromatic heterocycles. The highest BCUT2D eigenvalue weighted by Crippen LogP contribution is 2.31. The Hall–Kier alpha value is -2.51. The van der Waals surface area contributed by atoms with Crippen molar-refractivity contribution in [1.82, 2.24) is 14.8 Å². The van der Waals surface area contributed by atoms with Crippen molar-refractivity contribution < 1.29 is 13.6 Å². The van der Waals surface area contributed by atoms with Gasteiger partial charge in [0.25, 0.3) is 0 Å². The van der Waals surface area contributed by atoms with Gasteiger partial charge in [0.1, 0.15) is 5.82 Å². The number of fused-ring (bicyclic) bond motifs is 1. The monoisotopic (exact) mass is 391 g/mol. The average Bonchev–Trinajstić information content (AvgIpc) is 3.03. The molecule has 0 radical (unpaired) electrons. The van der Waals surface area contributed by atoms with Crippen molar-refractivity contribution in [3.63, 3.8) is 0 Å². The molecule has 3 rings (SSSR count). The summed E-state index contributed by atoms with van der Waals surface area (Å²) in [6.45, 7) is 6.60. The minimum atomic E-state index is -2.63. The number of nitrogens with zero attached hydrogens (tertiary/aromatic N) is 4. The van der Waals surface area contributed by atoms with Crippen LogP contribution in [0.15, 0.2) is 18.3 Å². The SMILES string of the molecule is Cc1cc2c(nc1NC(=O)CC(C)(C)C)CCCN2Cc1ccn(C(F)F)n1. The van der Waals surface area contributed by atoms with Crippen LogP contribution in [-0.4, -0.2) is 27.2 Å². The number of halogens is 2. The van der Waals surface area contributed by atoms with Crippen molar-refractivity contribution in [3.8, 4) is 0 Å². The lowest BCUT2D eigenvalue weighted by Crippen LogP contribution is -2.30. The number of carbonyl (C=O) groups is 1. The van der Waals surface area contributed by atoms with E-state index in [0.717, 1.165) is 36.3 Å². The fraction of sp³-hybridized carbons (Fsp3) is 0.550. The molecule has 1 amide bonds. The Morgan fingerprint density at radius 1 is 1.36 bits per heavy atom. The number of aromatic nitrogens is 3. The number of hydrogen-bond acceptors (Lipinski definition) is 4. The summed E-state index contributed by atoms with van der Waals surface area (Å²) < 4.78 is 26.2. The standard InChI is InChI=1S/C20H27F2N5O/c1-13-10-16-15(23-18(13)24-17(28)11-20(2,3)4)6-5-8-26(16)12-14-7-9-27(25-14)19(21)22/h7,9-10,19H,5-6,8,11-12H2,1-4H3,(H,23,24,28). The Labute approximate surface area is 163 Å². The van der Waals surface area contributed by atoms with Gasteiger partial charge in [-0.3, -0.25) is 4.79 Å². The molecule has 6 nitrogen and oxygen atoms in total. The van der Waals surface area contributed by atoms with Gasteiger partial charge in [-0.1, -0.05) is 20.8 Å². The first-order chi connectivity index (χ1) is 13.1. The topological polar surface area (TPSA) is 63.1 Å². The van der Waals surface area contributed by atoms with Gasteiger partial charge >= 0.3 is 6.55 Å². The number of rotatable bonds is 5. The molecule has 2 aromatic rings. The quantitative estimate of drug-likeness (QED) is 0.825. The molecule has 0 bridgehead atoms. The molecule has 28 heavy (non-hydrogen) atoms. The summed E-state index contributed by atoms with van der Waals surface area (Å²) in [6.07, 6.45) is 3.44. The molecule has 0 saturated carbocycles. The first kappa shape index (κ1) is 20.2. The molecule has 0 fully saturated rings. The second kappa shape index (κ2) is 7.85. The van der Waals surface area contributed by atoms with E-state index >= 15 is 0 Å². The van der Waals surface area contributed by atoms with Gasteiger partial charge in [0.15, 0.2) is 0 Å². The van der Waals surface area contributed by atoms with Crippen molar-refractivity contribution in [2.45, 2.75) is 60.1 Å². The van der Waals surface area contributed by atoms with Crippen molar-refractivity contribution in [3.05, 3.63) is 35.3 Å². The lowest BCUT2D eigenvalue weighted by molar-refractivity contribution is -0.117. The summed E-state index contributed by atoms with van der Waals surface area (Å²) in [5.74, 6) is 0.546. The van der Waals surface area contributed by atoms with Crippen molar-refractivity contribution >= 4 is 17.4 Å². The third-order valence-electron chi connectivity index (χ3n) is 4.62. The first-order valence-electron chi connectivity index (χ1n) is 9.50. The van der Waals surface area contributed by atoms with Crippen molar-refractivity contribution in [1.29, 1.82) is 0 Å². The number of carbonyl (C=O) groups excluding carboxylic acids is 1. The summed E-state index contributed by atoms with van der Waals surface area (Å²) in [5.41, 5.74) is 3.27. The lowest BCUT2D eigenvalue weighted by Gasteiger charge is -2.31. The zero-order chi connectivity index (χ0) is 20.5. The third-order valence-corrected chi connectivity index (χ3v) is 4.62. The minimum absolute atomic E-state index is 0.0479. The summed E-state index contributed by atoms with van der Waals surface area (Å²) in [5, 5.41) is 6.87. The summed E-state index contributed by atoms with van der Waals surface area (Å²) in [4.78, 5) is 19.1. The first-order valence-corrected chi connectivity index (χ1v) is 9.50. The predicted molar refractivity (Wildman–Crippen MR) is 105 cm³/mol. The van der Waals surface area contributed by atoms with Gasteiger partial charge in [0.2, 0.25) is 5.91 Å². The van der Waals surface area contributed by atoms with Gasteiger partial charge in [0.05, 0.1) is 23.6 Å². The molecule has 1 aliphatic rings. The Morgan fingerprint density at radius 3 is 2.75 bits per heavy atom. The van der Waals surface area contributed by atoms with Gasteiger partial charge in [-0.2, -0.15) is 13.9 Å². The maximum atomic E-state index is 12.7. The van der Waals surface area contributed by atoms with E-state index < -0.39 is 6.55 Å². The van der Waals surface area contributed by atoms with E-state index in [1.807, 2.05) is 33.8 Å². The van der Waals surface area contributed by atoms with Crippen LogP contribution in [0, 0.1) is 12.3 Å². The molecule has 0 unspecified atom stereocenters. The Kier molecular flexibility index (Phi) is 5.67. The Balaban J connectivity index is 1.78. The van der Waals surface area contributed by atoms with E-state index in [9.17, 15) is 13.6 Å². The maximum Gasteiger partial charge on any atom is 0.333 e. The molecule has 0 atom stereocenters. The largest absolute Gasteiger partial charge is 0.364 e. The second-order valence-corrected chi connectivity index (χ2v) is 8.50. The second-order valence-electron chi connectivity index (χ2n) is 8.50.